The van der Waals surface area contributed by atoms with Crippen molar-refractivity contribution in [3.63, 3.8) is 0 Å². The van der Waals surface area contributed by atoms with Gasteiger partial charge in [-0.15, -0.1) is 5.10 Å². The zero-order valence-electron chi connectivity index (χ0n) is 20.1. The number of rotatable bonds is 6. The van der Waals surface area contributed by atoms with Crippen LogP contribution in [0.3, 0.4) is 0 Å². The lowest BCUT2D eigenvalue weighted by Gasteiger charge is -2.38. The number of allylic oxidation sites excluding steroid dienone is 2. The number of anilines is 1. The molecule has 2 heterocycles. The first kappa shape index (κ1) is 23.4. The van der Waals surface area contributed by atoms with Crippen LogP contribution in [0.15, 0.2) is 58.9 Å². The molecule has 35 heavy (non-hydrogen) atoms. The van der Waals surface area contributed by atoms with Crippen molar-refractivity contribution in [2.45, 2.75) is 43.6 Å². The van der Waals surface area contributed by atoms with E-state index in [0.717, 1.165) is 23.2 Å². The lowest BCUT2D eigenvalue weighted by Crippen LogP contribution is -2.36. The van der Waals surface area contributed by atoms with Crippen LogP contribution >= 0.6 is 11.8 Å². The molecule has 7 nitrogen and oxygen atoms in total. The van der Waals surface area contributed by atoms with Crippen LogP contribution in [0.1, 0.15) is 43.9 Å². The molecule has 2 aliphatic rings. The molecule has 0 fully saturated rings. The van der Waals surface area contributed by atoms with E-state index in [1.165, 1.54) is 23.9 Å². The van der Waals surface area contributed by atoms with Gasteiger partial charge in [0.15, 0.2) is 17.3 Å². The Morgan fingerprint density at radius 1 is 1.14 bits per heavy atom. The second kappa shape index (κ2) is 9.03. The van der Waals surface area contributed by atoms with Crippen LogP contribution in [0.4, 0.5) is 10.3 Å². The van der Waals surface area contributed by atoms with Gasteiger partial charge in [0.2, 0.25) is 11.1 Å². The van der Waals surface area contributed by atoms with Crippen molar-refractivity contribution in [2.24, 2.45) is 5.41 Å². The molecule has 5 rings (SSSR count). The molecule has 0 amide bonds. The Labute approximate surface area is 207 Å². The lowest BCUT2D eigenvalue weighted by molar-refractivity contribution is -0.118. The maximum atomic E-state index is 13.6. The zero-order chi connectivity index (χ0) is 24.7. The van der Waals surface area contributed by atoms with Gasteiger partial charge in [-0.1, -0.05) is 43.8 Å². The van der Waals surface area contributed by atoms with E-state index in [9.17, 15) is 9.18 Å². The van der Waals surface area contributed by atoms with Crippen molar-refractivity contribution >= 4 is 23.5 Å². The highest BCUT2D eigenvalue weighted by Crippen LogP contribution is 2.46. The molecule has 0 spiro atoms. The molecule has 1 aliphatic heterocycles. The second-order valence-electron chi connectivity index (χ2n) is 9.56. The maximum absolute atomic E-state index is 13.6. The number of halogens is 1. The quantitative estimate of drug-likeness (QED) is 0.461. The first-order valence-corrected chi connectivity index (χ1v) is 12.4. The highest BCUT2D eigenvalue weighted by atomic mass is 32.2. The molecule has 3 aromatic rings. The number of aromatic nitrogens is 3. The average Bonchev–Trinajstić information content (AvgIpc) is 3.22. The van der Waals surface area contributed by atoms with E-state index in [1.807, 2.05) is 24.3 Å². The first-order chi connectivity index (χ1) is 16.8. The summed E-state index contributed by atoms with van der Waals surface area (Å²) in [7, 11) is 3.18. The molecular weight excluding hydrogens is 467 g/mol. The average molecular weight is 495 g/mol. The fourth-order valence-electron chi connectivity index (χ4n) is 4.76. The van der Waals surface area contributed by atoms with Crippen molar-refractivity contribution < 1.29 is 18.7 Å². The number of hydrogen-bond donors (Lipinski definition) is 1. The highest BCUT2D eigenvalue weighted by Gasteiger charge is 2.42. The molecule has 9 heteroatoms. The number of ether oxygens (including phenoxy) is 2. The maximum Gasteiger partial charge on any atom is 0.227 e. The predicted octanol–water partition coefficient (Wildman–Crippen LogP) is 5.38. The Morgan fingerprint density at radius 3 is 2.69 bits per heavy atom. The van der Waals surface area contributed by atoms with Gasteiger partial charge >= 0.3 is 0 Å². The Bertz CT molecular complexity index is 1330. The molecule has 1 aromatic heterocycles. The summed E-state index contributed by atoms with van der Waals surface area (Å²) in [5.41, 5.74) is 3.14. The summed E-state index contributed by atoms with van der Waals surface area (Å²) in [6.45, 7) is 4.20. The number of carbonyl (C=O) groups excluding carboxylic acids is 1. The summed E-state index contributed by atoms with van der Waals surface area (Å²) in [6, 6.07) is 11.7. The Balaban J connectivity index is 1.55. The van der Waals surface area contributed by atoms with Crippen LogP contribution in [0.25, 0.3) is 0 Å². The smallest absolute Gasteiger partial charge is 0.227 e. The Morgan fingerprint density at radius 2 is 1.94 bits per heavy atom. The topological polar surface area (TPSA) is 78.3 Å². The summed E-state index contributed by atoms with van der Waals surface area (Å²) in [5, 5.41) is 8.69. The van der Waals surface area contributed by atoms with Gasteiger partial charge in [0, 0.05) is 23.4 Å². The molecule has 0 unspecified atom stereocenters. The summed E-state index contributed by atoms with van der Waals surface area (Å²) in [4.78, 5) is 18.1. The standard InChI is InChI=1S/C26H27FN4O3S/c1-26(2)12-18-22(19(32)13-26)23(16-8-9-20(33-3)21(11-16)34-4)31-24(28-18)29-25(30-31)35-14-15-6-5-7-17(27)10-15/h5-11,23H,12-14H2,1-4H3,(H,28,29,30)/t23-/m1/s1. The van der Waals surface area contributed by atoms with Crippen molar-refractivity contribution in [1.82, 2.24) is 14.8 Å². The van der Waals surface area contributed by atoms with Gasteiger partial charge in [0.05, 0.1) is 14.2 Å². The molecule has 2 aromatic carbocycles. The van der Waals surface area contributed by atoms with E-state index in [4.69, 9.17) is 19.6 Å². The van der Waals surface area contributed by atoms with Gasteiger partial charge < -0.3 is 14.8 Å². The minimum Gasteiger partial charge on any atom is -0.493 e. The van der Waals surface area contributed by atoms with E-state index in [1.54, 1.807) is 25.0 Å². The van der Waals surface area contributed by atoms with E-state index in [2.05, 4.69) is 19.2 Å². The van der Waals surface area contributed by atoms with Crippen LogP contribution in [-0.2, 0) is 10.5 Å². The summed E-state index contributed by atoms with van der Waals surface area (Å²) < 4.78 is 26.3. The van der Waals surface area contributed by atoms with Gasteiger partial charge in [-0.3, -0.25) is 4.79 Å². The first-order valence-electron chi connectivity index (χ1n) is 11.4. The predicted molar refractivity (Wildman–Crippen MR) is 132 cm³/mol. The molecule has 0 radical (unpaired) electrons. The monoisotopic (exact) mass is 494 g/mol. The van der Waals surface area contributed by atoms with E-state index >= 15 is 0 Å². The number of methoxy groups -OCH3 is 2. The normalized spacial score (nSPS) is 18.5. The third kappa shape index (κ3) is 4.52. The largest absolute Gasteiger partial charge is 0.493 e. The number of thioether (sulfide) groups is 1. The van der Waals surface area contributed by atoms with Crippen LogP contribution in [0.2, 0.25) is 0 Å². The molecule has 0 saturated heterocycles. The third-order valence-electron chi connectivity index (χ3n) is 6.29. The summed E-state index contributed by atoms with van der Waals surface area (Å²) in [6.07, 6.45) is 1.19. The van der Waals surface area contributed by atoms with Crippen molar-refractivity contribution in [2.75, 3.05) is 19.5 Å². The summed E-state index contributed by atoms with van der Waals surface area (Å²) >= 11 is 1.42. The molecule has 1 N–H and O–H groups in total. The minimum atomic E-state index is -0.444. The van der Waals surface area contributed by atoms with Crippen molar-refractivity contribution in [3.8, 4) is 11.5 Å². The molecular formula is C26H27FN4O3S. The molecule has 1 aliphatic carbocycles. The van der Waals surface area contributed by atoms with Crippen LogP contribution in [-0.4, -0.2) is 34.8 Å². The number of hydrogen-bond acceptors (Lipinski definition) is 7. The van der Waals surface area contributed by atoms with Gasteiger partial charge in [0.25, 0.3) is 0 Å². The van der Waals surface area contributed by atoms with Crippen molar-refractivity contribution in [3.05, 3.63) is 70.7 Å². The number of Topliss-reactive ketones (excluding diaryl/α,β-unsaturated/α-hetero) is 1. The highest BCUT2D eigenvalue weighted by molar-refractivity contribution is 7.98. The van der Waals surface area contributed by atoms with Gasteiger partial charge in [-0.2, -0.15) is 4.98 Å². The molecule has 1 atom stereocenters. The molecule has 0 bridgehead atoms. The number of fused-ring (bicyclic) bond motifs is 1. The number of nitrogens with one attached hydrogen (secondary N) is 1. The fraction of sp³-hybridized carbons (Fsp3) is 0.346. The van der Waals surface area contributed by atoms with Crippen LogP contribution in [0.5, 0.6) is 11.5 Å². The van der Waals surface area contributed by atoms with Gasteiger partial charge in [-0.05, 0) is 47.2 Å². The van der Waals surface area contributed by atoms with Gasteiger partial charge in [0.1, 0.15) is 11.9 Å². The molecule has 0 saturated carbocycles. The fourth-order valence-corrected chi connectivity index (χ4v) is 5.53. The number of carbonyl (C=O) groups is 1. The van der Waals surface area contributed by atoms with Crippen LogP contribution < -0.4 is 14.8 Å². The van der Waals surface area contributed by atoms with Gasteiger partial charge in [-0.25, -0.2) is 9.07 Å². The third-order valence-corrected chi connectivity index (χ3v) is 7.20. The van der Waals surface area contributed by atoms with Crippen molar-refractivity contribution in [1.29, 1.82) is 0 Å². The van der Waals surface area contributed by atoms with E-state index in [0.29, 0.717) is 40.4 Å². The number of nitrogens with zero attached hydrogens (tertiary/aromatic N) is 3. The number of ketones is 1. The lowest BCUT2D eigenvalue weighted by atomic mass is 9.73. The second-order valence-corrected chi connectivity index (χ2v) is 10.5. The van der Waals surface area contributed by atoms with E-state index in [-0.39, 0.29) is 17.0 Å². The number of benzene rings is 2. The summed E-state index contributed by atoms with van der Waals surface area (Å²) in [5.74, 6) is 2.13. The minimum absolute atomic E-state index is 0.0960. The Kier molecular flexibility index (Phi) is 6.04. The van der Waals surface area contributed by atoms with Crippen LogP contribution in [0, 0.1) is 11.2 Å². The zero-order valence-corrected chi connectivity index (χ0v) is 20.9. The Hall–Kier alpha value is -3.33. The SMILES string of the molecule is COc1ccc([C@@H]2C3=C(CC(C)(C)CC3=O)Nc3nc(SCc4cccc(F)c4)nn32)cc1OC. The van der Waals surface area contributed by atoms with E-state index < -0.39 is 6.04 Å². The molecule has 182 valence electrons.